The Bertz CT molecular complexity index is 225. The van der Waals surface area contributed by atoms with Crippen LogP contribution in [0.25, 0.3) is 0 Å². The van der Waals surface area contributed by atoms with Gasteiger partial charge in [-0.05, 0) is 19.4 Å². The highest BCUT2D eigenvalue weighted by atomic mass is 16.4. The van der Waals surface area contributed by atoms with Crippen LogP contribution in [0.2, 0.25) is 0 Å². The Kier molecular flexibility index (Phi) is 5.93. The molecule has 0 aromatic heterocycles. The van der Waals surface area contributed by atoms with E-state index in [9.17, 15) is 9.59 Å². The van der Waals surface area contributed by atoms with Gasteiger partial charge in [0.15, 0.2) is 0 Å². The van der Waals surface area contributed by atoms with Gasteiger partial charge >= 0.3 is 5.97 Å². The van der Waals surface area contributed by atoms with Crippen molar-refractivity contribution in [2.45, 2.75) is 39.2 Å². The monoisotopic (exact) mass is 216 g/mol. The van der Waals surface area contributed by atoms with Gasteiger partial charge in [0.1, 0.15) is 5.54 Å². The zero-order valence-corrected chi connectivity index (χ0v) is 9.59. The van der Waals surface area contributed by atoms with Crippen molar-refractivity contribution in [3.05, 3.63) is 0 Å². The van der Waals surface area contributed by atoms with E-state index in [0.717, 1.165) is 0 Å². The number of hydrogen-bond donors (Lipinski definition) is 3. The molecule has 0 heterocycles. The minimum Gasteiger partial charge on any atom is -0.480 e. The predicted octanol–water partition coefficient (Wildman–Crippen LogP) is 0.355. The zero-order chi connectivity index (χ0) is 11.9. The van der Waals surface area contributed by atoms with Gasteiger partial charge in [-0.1, -0.05) is 20.8 Å². The molecular formula is C10H20N2O3. The van der Waals surface area contributed by atoms with Crippen molar-refractivity contribution in [1.82, 2.24) is 10.6 Å². The molecule has 0 aliphatic heterocycles. The third-order valence-electron chi connectivity index (χ3n) is 2.53. The van der Waals surface area contributed by atoms with E-state index >= 15 is 0 Å². The average Bonchev–Trinajstić information content (AvgIpc) is 2.22. The predicted molar refractivity (Wildman–Crippen MR) is 57.6 cm³/mol. The lowest BCUT2D eigenvalue weighted by atomic mass is 9.93. The van der Waals surface area contributed by atoms with Crippen molar-refractivity contribution < 1.29 is 14.7 Å². The van der Waals surface area contributed by atoms with Crippen LogP contribution in [0.5, 0.6) is 0 Å². The molecule has 1 amide bonds. The summed E-state index contributed by atoms with van der Waals surface area (Å²) >= 11 is 0. The lowest BCUT2D eigenvalue weighted by Crippen LogP contribution is -2.55. The third kappa shape index (κ3) is 3.87. The summed E-state index contributed by atoms with van der Waals surface area (Å²) in [6, 6.07) is 0. The molecule has 0 atom stereocenters. The van der Waals surface area contributed by atoms with E-state index < -0.39 is 11.5 Å². The van der Waals surface area contributed by atoms with Crippen molar-refractivity contribution in [3.63, 3.8) is 0 Å². The number of rotatable bonds is 7. The van der Waals surface area contributed by atoms with Crippen LogP contribution < -0.4 is 10.6 Å². The van der Waals surface area contributed by atoms with Gasteiger partial charge in [0, 0.05) is 0 Å². The van der Waals surface area contributed by atoms with E-state index in [2.05, 4.69) is 10.6 Å². The standard InChI is InChI=1S/C10H20N2O3/c1-4-10(5-2,9(14)15)12-8(13)7-11-6-3/h11H,4-7H2,1-3H3,(H,12,13)(H,14,15). The van der Waals surface area contributed by atoms with Crippen LogP contribution in [-0.4, -0.2) is 35.6 Å². The minimum atomic E-state index is -1.12. The summed E-state index contributed by atoms with van der Waals surface area (Å²) in [6.07, 6.45) is 0.771. The molecule has 5 heteroatoms. The number of nitrogens with one attached hydrogen (secondary N) is 2. The molecule has 0 rings (SSSR count). The van der Waals surface area contributed by atoms with Crippen molar-refractivity contribution in [1.29, 1.82) is 0 Å². The maximum atomic E-state index is 11.4. The van der Waals surface area contributed by atoms with Crippen LogP contribution in [0.3, 0.4) is 0 Å². The topological polar surface area (TPSA) is 78.4 Å². The lowest BCUT2D eigenvalue weighted by molar-refractivity contribution is -0.147. The summed E-state index contributed by atoms with van der Waals surface area (Å²) in [7, 11) is 0. The van der Waals surface area contributed by atoms with Crippen LogP contribution >= 0.6 is 0 Å². The van der Waals surface area contributed by atoms with Gasteiger partial charge < -0.3 is 15.7 Å². The Hall–Kier alpha value is -1.10. The molecule has 0 bridgehead atoms. The fourth-order valence-electron chi connectivity index (χ4n) is 1.33. The normalized spacial score (nSPS) is 11.1. The van der Waals surface area contributed by atoms with Crippen LogP contribution in [-0.2, 0) is 9.59 Å². The van der Waals surface area contributed by atoms with Crippen LogP contribution in [0.1, 0.15) is 33.6 Å². The number of hydrogen-bond acceptors (Lipinski definition) is 3. The molecular weight excluding hydrogens is 196 g/mol. The number of carboxylic acids is 1. The Labute approximate surface area is 90.2 Å². The Morgan fingerprint density at radius 2 is 1.73 bits per heavy atom. The molecule has 3 N–H and O–H groups in total. The molecule has 0 fully saturated rings. The number of amides is 1. The SMILES string of the molecule is CCNCC(=O)NC(CC)(CC)C(=O)O. The molecule has 15 heavy (non-hydrogen) atoms. The summed E-state index contributed by atoms with van der Waals surface area (Å²) in [5.41, 5.74) is -1.12. The second-order valence-electron chi connectivity index (χ2n) is 3.42. The van der Waals surface area contributed by atoms with Gasteiger partial charge in [0.05, 0.1) is 6.54 Å². The molecule has 0 radical (unpaired) electrons. The second kappa shape index (κ2) is 6.40. The highest BCUT2D eigenvalue weighted by Gasteiger charge is 2.35. The molecule has 0 aliphatic rings. The van der Waals surface area contributed by atoms with E-state index in [-0.39, 0.29) is 12.5 Å². The number of carbonyl (C=O) groups excluding carboxylic acids is 1. The average molecular weight is 216 g/mol. The summed E-state index contributed by atoms with van der Waals surface area (Å²) in [5.74, 6) is -1.25. The number of carbonyl (C=O) groups is 2. The molecule has 0 spiro atoms. The number of aliphatic carboxylic acids is 1. The Balaban J connectivity index is 4.40. The van der Waals surface area contributed by atoms with Crippen LogP contribution in [0.4, 0.5) is 0 Å². The fourth-order valence-corrected chi connectivity index (χ4v) is 1.33. The molecule has 5 nitrogen and oxygen atoms in total. The summed E-state index contributed by atoms with van der Waals surface area (Å²) in [5, 5.41) is 14.5. The minimum absolute atomic E-state index is 0.158. The quantitative estimate of drug-likeness (QED) is 0.574. The van der Waals surface area contributed by atoms with Gasteiger partial charge in [0.2, 0.25) is 5.91 Å². The highest BCUT2D eigenvalue weighted by molar-refractivity contribution is 5.87. The maximum Gasteiger partial charge on any atom is 0.329 e. The highest BCUT2D eigenvalue weighted by Crippen LogP contribution is 2.14. The Morgan fingerprint density at radius 1 is 1.20 bits per heavy atom. The second-order valence-corrected chi connectivity index (χ2v) is 3.42. The number of likely N-dealkylation sites (N-methyl/N-ethyl adjacent to an activating group) is 1. The van der Waals surface area contributed by atoms with Crippen molar-refractivity contribution in [2.75, 3.05) is 13.1 Å². The smallest absolute Gasteiger partial charge is 0.329 e. The van der Waals surface area contributed by atoms with E-state index in [4.69, 9.17) is 5.11 Å². The zero-order valence-electron chi connectivity index (χ0n) is 9.59. The van der Waals surface area contributed by atoms with Crippen molar-refractivity contribution >= 4 is 11.9 Å². The summed E-state index contributed by atoms with van der Waals surface area (Å²) < 4.78 is 0. The van der Waals surface area contributed by atoms with Crippen LogP contribution in [0.15, 0.2) is 0 Å². The first-order valence-electron chi connectivity index (χ1n) is 5.27. The van der Waals surface area contributed by atoms with Gasteiger partial charge in [-0.15, -0.1) is 0 Å². The molecule has 0 aromatic carbocycles. The van der Waals surface area contributed by atoms with Gasteiger partial charge in [0.25, 0.3) is 0 Å². The van der Waals surface area contributed by atoms with Gasteiger partial charge in [-0.3, -0.25) is 4.79 Å². The largest absolute Gasteiger partial charge is 0.480 e. The summed E-state index contributed by atoms with van der Waals surface area (Å²) in [6.45, 7) is 6.24. The van der Waals surface area contributed by atoms with E-state index in [1.54, 1.807) is 13.8 Å². The molecule has 0 unspecified atom stereocenters. The molecule has 0 aromatic rings. The maximum absolute atomic E-state index is 11.4. The van der Waals surface area contributed by atoms with Crippen molar-refractivity contribution in [2.24, 2.45) is 0 Å². The lowest BCUT2D eigenvalue weighted by Gasteiger charge is -2.28. The van der Waals surface area contributed by atoms with E-state index in [0.29, 0.717) is 19.4 Å². The number of carboxylic acid groups (broad SMARTS) is 1. The first kappa shape index (κ1) is 13.9. The summed E-state index contributed by atoms with van der Waals surface area (Å²) in [4.78, 5) is 22.5. The van der Waals surface area contributed by atoms with Gasteiger partial charge in [-0.2, -0.15) is 0 Å². The van der Waals surface area contributed by atoms with Gasteiger partial charge in [-0.25, -0.2) is 4.79 Å². The molecule has 0 aliphatic carbocycles. The van der Waals surface area contributed by atoms with Crippen molar-refractivity contribution in [3.8, 4) is 0 Å². The Morgan fingerprint density at radius 3 is 2.07 bits per heavy atom. The molecule has 88 valence electrons. The fraction of sp³-hybridized carbons (Fsp3) is 0.800. The first-order chi connectivity index (χ1) is 7.02. The molecule has 0 saturated heterocycles. The first-order valence-corrected chi connectivity index (χ1v) is 5.27. The third-order valence-corrected chi connectivity index (χ3v) is 2.53. The molecule has 0 saturated carbocycles. The van der Waals surface area contributed by atoms with Crippen LogP contribution in [0, 0.1) is 0 Å². The van der Waals surface area contributed by atoms with E-state index in [1.807, 2.05) is 6.92 Å². The van der Waals surface area contributed by atoms with E-state index in [1.165, 1.54) is 0 Å².